The lowest BCUT2D eigenvalue weighted by molar-refractivity contribution is 0.112. The summed E-state index contributed by atoms with van der Waals surface area (Å²) in [5.74, 6) is 1.40. The van der Waals surface area contributed by atoms with Gasteiger partial charge in [-0.1, -0.05) is 25.1 Å². The van der Waals surface area contributed by atoms with Crippen molar-refractivity contribution >= 4 is 17.1 Å². The highest BCUT2D eigenvalue weighted by molar-refractivity contribution is 5.94. The van der Waals surface area contributed by atoms with Gasteiger partial charge in [-0.25, -0.2) is 0 Å². The number of rotatable bonds is 3. The summed E-state index contributed by atoms with van der Waals surface area (Å²) in [6.45, 7) is 2.27. The van der Waals surface area contributed by atoms with Crippen LogP contribution in [0.2, 0.25) is 0 Å². The van der Waals surface area contributed by atoms with Gasteiger partial charge >= 0.3 is 0 Å². The second-order valence-corrected chi connectivity index (χ2v) is 6.15. The minimum absolute atomic E-state index is 0.190. The Hall–Kier alpha value is -2.34. The molecule has 2 aromatic rings. The molecule has 1 saturated carbocycles. The predicted molar refractivity (Wildman–Crippen MR) is 86.1 cm³/mol. The summed E-state index contributed by atoms with van der Waals surface area (Å²) >= 11 is 0. The fourth-order valence-electron chi connectivity index (χ4n) is 3.13. The quantitative estimate of drug-likeness (QED) is 0.784. The molecule has 112 valence electrons. The minimum atomic E-state index is 0.190. The van der Waals surface area contributed by atoms with Gasteiger partial charge in [0.15, 0.2) is 0 Å². The zero-order valence-electron chi connectivity index (χ0n) is 12.7. The van der Waals surface area contributed by atoms with E-state index in [1.54, 1.807) is 12.1 Å². The van der Waals surface area contributed by atoms with E-state index in [1.165, 1.54) is 12.8 Å². The maximum atomic E-state index is 11.0. The van der Waals surface area contributed by atoms with Crippen molar-refractivity contribution in [3.05, 3.63) is 41.5 Å². The molecular formula is C19H19NO2. The lowest BCUT2D eigenvalue weighted by Gasteiger charge is -2.27. The molecule has 0 unspecified atom stereocenters. The van der Waals surface area contributed by atoms with Crippen molar-refractivity contribution in [2.75, 3.05) is 0 Å². The molecule has 0 amide bonds. The molecule has 0 bridgehead atoms. The summed E-state index contributed by atoms with van der Waals surface area (Å²) < 4.78 is 6.10. The van der Waals surface area contributed by atoms with Gasteiger partial charge in [0.1, 0.15) is 23.7 Å². The molecule has 0 spiro atoms. The molecule has 3 heteroatoms. The molecule has 0 heterocycles. The molecule has 0 saturated heterocycles. The third-order valence-corrected chi connectivity index (χ3v) is 4.51. The molecule has 0 aromatic heterocycles. The molecule has 0 aliphatic heterocycles. The Kier molecular flexibility index (Phi) is 4.11. The van der Waals surface area contributed by atoms with Crippen molar-refractivity contribution < 1.29 is 9.53 Å². The first kappa shape index (κ1) is 14.6. The number of hydrogen-bond donors (Lipinski definition) is 0. The van der Waals surface area contributed by atoms with E-state index in [1.807, 2.05) is 18.2 Å². The Labute approximate surface area is 130 Å². The zero-order chi connectivity index (χ0) is 15.5. The van der Waals surface area contributed by atoms with Crippen LogP contribution in [0, 0.1) is 17.2 Å². The molecule has 1 aliphatic rings. The largest absolute Gasteiger partial charge is 0.489 e. The molecule has 1 aliphatic carbocycles. The maximum absolute atomic E-state index is 11.0. The van der Waals surface area contributed by atoms with E-state index in [2.05, 4.69) is 13.0 Å². The predicted octanol–water partition coefficient (Wildman–Crippen LogP) is 4.48. The van der Waals surface area contributed by atoms with E-state index in [0.29, 0.717) is 16.9 Å². The van der Waals surface area contributed by atoms with E-state index in [9.17, 15) is 10.1 Å². The van der Waals surface area contributed by atoms with E-state index in [0.717, 1.165) is 35.8 Å². The SMILES string of the molecule is CC1CCC(Oc2ccc3ccc(C=O)cc3c2C#N)CC1. The Morgan fingerprint density at radius 2 is 1.91 bits per heavy atom. The van der Waals surface area contributed by atoms with Gasteiger partial charge in [-0.15, -0.1) is 0 Å². The van der Waals surface area contributed by atoms with Crippen LogP contribution in [-0.2, 0) is 0 Å². The van der Waals surface area contributed by atoms with E-state index >= 15 is 0 Å². The fourth-order valence-corrected chi connectivity index (χ4v) is 3.13. The Morgan fingerprint density at radius 1 is 1.18 bits per heavy atom. The number of ether oxygens (including phenoxy) is 1. The third-order valence-electron chi connectivity index (χ3n) is 4.51. The number of aldehydes is 1. The summed E-state index contributed by atoms with van der Waals surface area (Å²) in [6.07, 6.45) is 5.42. The number of hydrogen-bond acceptors (Lipinski definition) is 3. The lowest BCUT2D eigenvalue weighted by atomic mass is 9.89. The highest BCUT2D eigenvalue weighted by atomic mass is 16.5. The molecule has 0 radical (unpaired) electrons. The summed E-state index contributed by atoms with van der Waals surface area (Å²) in [7, 11) is 0. The van der Waals surface area contributed by atoms with Crippen LogP contribution in [0.1, 0.15) is 48.5 Å². The lowest BCUT2D eigenvalue weighted by Crippen LogP contribution is -2.23. The van der Waals surface area contributed by atoms with Gasteiger partial charge < -0.3 is 4.74 Å². The van der Waals surface area contributed by atoms with Crippen molar-refractivity contribution in [3.63, 3.8) is 0 Å². The zero-order valence-corrected chi connectivity index (χ0v) is 12.7. The van der Waals surface area contributed by atoms with Crippen LogP contribution in [0.5, 0.6) is 5.75 Å². The molecular weight excluding hydrogens is 274 g/mol. The van der Waals surface area contributed by atoms with E-state index in [-0.39, 0.29) is 6.10 Å². The van der Waals surface area contributed by atoms with Crippen LogP contribution >= 0.6 is 0 Å². The molecule has 0 atom stereocenters. The van der Waals surface area contributed by atoms with Crippen molar-refractivity contribution in [1.82, 2.24) is 0 Å². The molecule has 2 aromatic carbocycles. The second kappa shape index (κ2) is 6.19. The Balaban J connectivity index is 1.95. The van der Waals surface area contributed by atoms with Crippen LogP contribution < -0.4 is 4.74 Å². The standard InChI is InChI=1S/C19H19NO2/c1-13-2-7-16(8-3-13)22-19-9-6-15-5-4-14(12-21)10-17(15)18(19)11-20/h4-6,9-10,12-13,16H,2-3,7-8H2,1H3. The van der Waals surface area contributed by atoms with Gasteiger partial charge in [0.05, 0.1) is 6.10 Å². The summed E-state index contributed by atoms with van der Waals surface area (Å²) in [4.78, 5) is 11.0. The number of benzene rings is 2. The number of nitriles is 1. The average molecular weight is 293 g/mol. The van der Waals surface area contributed by atoms with Gasteiger partial charge in [0, 0.05) is 10.9 Å². The van der Waals surface area contributed by atoms with Gasteiger partial charge in [-0.2, -0.15) is 5.26 Å². The smallest absolute Gasteiger partial charge is 0.150 e. The first-order valence-electron chi connectivity index (χ1n) is 7.80. The van der Waals surface area contributed by atoms with Gasteiger partial charge in [0.2, 0.25) is 0 Å². The molecule has 3 nitrogen and oxygen atoms in total. The summed E-state index contributed by atoms with van der Waals surface area (Å²) in [6, 6.07) is 11.5. The van der Waals surface area contributed by atoms with Crippen molar-refractivity contribution in [2.45, 2.75) is 38.7 Å². The van der Waals surface area contributed by atoms with Crippen LogP contribution in [-0.4, -0.2) is 12.4 Å². The fraction of sp³-hybridized carbons (Fsp3) is 0.368. The maximum Gasteiger partial charge on any atom is 0.150 e. The van der Waals surface area contributed by atoms with E-state index in [4.69, 9.17) is 4.74 Å². The number of carbonyl (C=O) groups excluding carboxylic acids is 1. The topological polar surface area (TPSA) is 50.1 Å². The van der Waals surface area contributed by atoms with Crippen LogP contribution in [0.15, 0.2) is 30.3 Å². The number of nitrogens with zero attached hydrogens (tertiary/aromatic N) is 1. The molecule has 3 rings (SSSR count). The minimum Gasteiger partial charge on any atom is -0.489 e. The summed E-state index contributed by atoms with van der Waals surface area (Å²) in [5.41, 5.74) is 1.10. The molecule has 1 fully saturated rings. The van der Waals surface area contributed by atoms with Crippen LogP contribution in [0.4, 0.5) is 0 Å². The Morgan fingerprint density at radius 3 is 2.59 bits per heavy atom. The highest BCUT2D eigenvalue weighted by Crippen LogP contribution is 2.32. The van der Waals surface area contributed by atoms with Gasteiger partial charge in [-0.05, 0) is 49.1 Å². The average Bonchev–Trinajstić information content (AvgIpc) is 2.56. The van der Waals surface area contributed by atoms with E-state index < -0.39 is 0 Å². The monoisotopic (exact) mass is 293 g/mol. The third kappa shape index (κ3) is 2.82. The summed E-state index contributed by atoms with van der Waals surface area (Å²) in [5, 5.41) is 11.3. The van der Waals surface area contributed by atoms with Crippen LogP contribution in [0.25, 0.3) is 10.8 Å². The van der Waals surface area contributed by atoms with Crippen molar-refractivity contribution in [2.24, 2.45) is 5.92 Å². The van der Waals surface area contributed by atoms with Crippen molar-refractivity contribution in [3.8, 4) is 11.8 Å². The van der Waals surface area contributed by atoms with Crippen LogP contribution in [0.3, 0.4) is 0 Å². The molecule has 0 N–H and O–H groups in total. The van der Waals surface area contributed by atoms with Crippen molar-refractivity contribution in [1.29, 1.82) is 5.26 Å². The second-order valence-electron chi connectivity index (χ2n) is 6.15. The highest BCUT2D eigenvalue weighted by Gasteiger charge is 2.21. The molecule has 22 heavy (non-hydrogen) atoms. The normalized spacial score (nSPS) is 21.3. The first-order chi connectivity index (χ1) is 10.7. The Bertz CT molecular complexity index is 737. The van der Waals surface area contributed by atoms with Gasteiger partial charge in [-0.3, -0.25) is 4.79 Å². The number of fused-ring (bicyclic) bond motifs is 1. The first-order valence-corrected chi connectivity index (χ1v) is 7.80. The number of carbonyl (C=O) groups is 1. The van der Waals surface area contributed by atoms with Gasteiger partial charge in [0.25, 0.3) is 0 Å².